The van der Waals surface area contributed by atoms with Crippen LogP contribution in [0.1, 0.15) is 33.3 Å². The van der Waals surface area contributed by atoms with Crippen molar-refractivity contribution < 1.29 is 14.4 Å². The highest BCUT2D eigenvalue weighted by Crippen LogP contribution is 2.30. The predicted octanol–water partition coefficient (Wildman–Crippen LogP) is 2.88. The molecule has 0 radical (unpaired) electrons. The molecule has 1 atom stereocenters. The lowest BCUT2D eigenvalue weighted by atomic mass is 9.93. The zero-order valence-corrected chi connectivity index (χ0v) is 16.4. The minimum Gasteiger partial charge on any atom is -0.444 e. The number of alkyl carbamates (subject to hydrolysis) is 1. The Balaban J connectivity index is 1.88. The van der Waals surface area contributed by atoms with Crippen LogP contribution >= 0.6 is 24.4 Å². The molecular formula is C17H23N3O3S2. The van der Waals surface area contributed by atoms with Crippen LogP contribution in [0.2, 0.25) is 0 Å². The number of hydrogen-bond donors (Lipinski definition) is 2. The van der Waals surface area contributed by atoms with Crippen LogP contribution in [0, 0.1) is 0 Å². The third-order valence-electron chi connectivity index (χ3n) is 3.50. The average molecular weight is 382 g/mol. The molecule has 2 N–H and O–H groups in total. The lowest BCUT2D eigenvalue weighted by Crippen LogP contribution is -2.40. The quantitative estimate of drug-likeness (QED) is 0.601. The van der Waals surface area contributed by atoms with Crippen LogP contribution in [0.4, 0.5) is 4.79 Å². The molecule has 6 nitrogen and oxygen atoms in total. The Morgan fingerprint density at radius 3 is 2.52 bits per heavy atom. The van der Waals surface area contributed by atoms with Gasteiger partial charge in [-0.3, -0.25) is 4.84 Å². The largest absolute Gasteiger partial charge is 0.444 e. The SMILES string of the molecule is CC(C)(C)OC(=O)NCCON1C(=S)NC(C)(c2ccccc2)C1=S. The van der Waals surface area contributed by atoms with Gasteiger partial charge < -0.3 is 15.4 Å². The van der Waals surface area contributed by atoms with E-state index >= 15 is 0 Å². The number of carbonyl (C=O) groups is 1. The summed E-state index contributed by atoms with van der Waals surface area (Å²) in [5, 5.41) is 7.65. The number of hydroxylamine groups is 2. The van der Waals surface area contributed by atoms with Crippen molar-refractivity contribution in [3.8, 4) is 0 Å². The van der Waals surface area contributed by atoms with Crippen LogP contribution in [0.25, 0.3) is 0 Å². The molecule has 1 aromatic rings. The number of carbonyl (C=O) groups excluding carboxylic acids is 1. The molecule has 2 rings (SSSR count). The highest BCUT2D eigenvalue weighted by atomic mass is 32.1. The van der Waals surface area contributed by atoms with Crippen molar-refractivity contribution >= 4 is 40.6 Å². The summed E-state index contributed by atoms with van der Waals surface area (Å²) in [6, 6.07) is 9.80. The minimum absolute atomic E-state index is 0.214. The Hall–Kier alpha value is -1.77. The summed E-state index contributed by atoms with van der Waals surface area (Å²) < 4.78 is 5.16. The maximum absolute atomic E-state index is 11.6. The van der Waals surface area contributed by atoms with Gasteiger partial charge in [-0.1, -0.05) is 42.5 Å². The second-order valence-electron chi connectivity index (χ2n) is 6.78. The summed E-state index contributed by atoms with van der Waals surface area (Å²) in [5.74, 6) is 0. The topological polar surface area (TPSA) is 62.8 Å². The van der Waals surface area contributed by atoms with E-state index in [1.165, 1.54) is 5.06 Å². The van der Waals surface area contributed by atoms with Gasteiger partial charge in [0.15, 0.2) is 5.11 Å². The number of hydrogen-bond acceptors (Lipinski definition) is 5. The molecule has 1 aliphatic rings. The van der Waals surface area contributed by atoms with Gasteiger partial charge in [0.2, 0.25) is 0 Å². The van der Waals surface area contributed by atoms with Crippen LogP contribution in [0.15, 0.2) is 30.3 Å². The van der Waals surface area contributed by atoms with E-state index in [9.17, 15) is 4.79 Å². The second kappa shape index (κ2) is 7.63. The van der Waals surface area contributed by atoms with Crippen LogP contribution in [-0.4, -0.2) is 40.0 Å². The monoisotopic (exact) mass is 381 g/mol. The molecule has 0 saturated carbocycles. The van der Waals surface area contributed by atoms with Gasteiger partial charge in [0, 0.05) is 6.54 Å². The summed E-state index contributed by atoms with van der Waals surface area (Å²) >= 11 is 10.9. The fourth-order valence-corrected chi connectivity index (χ4v) is 3.02. The molecule has 1 fully saturated rings. The Morgan fingerprint density at radius 1 is 1.28 bits per heavy atom. The number of ether oxygens (including phenoxy) is 1. The molecule has 0 aromatic heterocycles. The summed E-state index contributed by atoms with van der Waals surface area (Å²) in [4.78, 5) is 17.8. The van der Waals surface area contributed by atoms with E-state index in [4.69, 9.17) is 34.0 Å². The van der Waals surface area contributed by atoms with Crippen molar-refractivity contribution in [1.29, 1.82) is 0 Å². The summed E-state index contributed by atoms with van der Waals surface area (Å²) in [6.45, 7) is 7.87. The predicted molar refractivity (Wildman–Crippen MR) is 104 cm³/mol. The number of benzene rings is 1. The van der Waals surface area contributed by atoms with Gasteiger partial charge in [0.05, 0.1) is 6.61 Å². The molecule has 0 spiro atoms. The molecule has 1 aromatic carbocycles. The van der Waals surface area contributed by atoms with Crippen molar-refractivity contribution in [3.05, 3.63) is 35.9 Å². The Labute approximate surface area is 158 Å². The Bertz CT molecular complexity index is 661. The molecule has 25 heavy (non-hydrogen) atoms. The van der Waals surface area contributed by atoms with Crippen molar-refractivity contribution in [2.24, 2.45) is 0 Å². The minimum atomic E-state index is -0.605. The first-order chi connectivity index (χ1) is 11.6. The summed E-state index contributed by atoms with van der Waals surface area (Å²) in [5.41, 5.74) is -0.142. The molecule has 1 aliphatic heterocycles. The van der Waals surface area contributed by atoms with Crippen LogP contribution in [0.5, 0.6) is 0 Å². The molecular weight excluding hydrogens is 358 g/mol. The van der Waals surface area contributed by atoms with Crippen LogP contribution < -0.4 is 10.6 Å². The first-order valence-electron chi connectivity index (χ1n) is 7.95. The first kappa shape index (κ1) is 19.6. The normalized spacial score (nSPS) is 20.4. The summed E-state index contributed by atoms with van der Waals surface area (Å²) in [6.07, 6.45) is -0.491. The smallest absolute Gasteiger partial charge is 0.407 e. The third-order valence-corrected chi connectivity index (χ3v) is 4.34. The summed E-state index contributed by atoms with van der Waals surface area (Å²) in [7, 11) is 0. The van der Waals surface area contributed by atoms with E-state index in [-0.39, 0.29) is 13.2 Å². The van der Waals surface area contributed by atoms with E-state index in [1.807, 2.05) is 37.3 Å². The lowest BCUT2D eigenvalue weighted by molar-refractivity contribution is -0.0354. The number of rotatable bonds is 5. The fourth-order valence-electron chi connectivity index (χ4n) is 2.30. The molecule has 1 heterocycles. The molecule has 1 amide bonds. The van der Waals surface area contributed by atoms with E-state index < -0.39 is 17.2 Å². The molecule has 0 bridgehead atoms. The molecule has 0 aliphatic carbocycles. The van der Waals surface area contributed by atoms with Gasteiger partial charge in [-0.15, -0.1) is 0 Å². The van der Waals surface area contributed by atoms with E-state index in [0.29, 0.717) is 10.1 Å². The van der Waals surface area contributed by atoms with Gasteiger partial charge in [0.1, 0.15) is 16.1 Å². The van der Waals surface area contributed by atoms with Crippen molar-refractivity contribution in [2.45, 2.75) is 38.8 Å². The maximum Gasteiger partial charge on any atom is 0.407 e. The van der Waals surface area contributed by atoms with Crippen molar-refractivity contribution in [2.75, 3.05) is 13.2 Å². The second-order valence-corrected chi connectivity index (χ2v) is 7.56. The number of amides is 1. The Kier molecular flexibility index (Phi) is 5.97. The maximum atomic E-state index is 11.6. The fraction of sp³-hybridized carbons (Fsp3) is 0.471. The van der Waals surface area contributed by atoms with Gasteiger partial charge in [-0.2, -0.15) is 5.06 Å². The van der Waals surface area contributed by atoms with Gasteiger partial charge in [0.25, 0.3) is 0 Å². The van der Waals surface area contributed by atoms with Crippen molar-refractivity contribution in [3.63, 3.8) is 0 Å². The lowest BCUT2D eigenvalue weighted by Gasteiger charge is -2.25. The number of thiocarbonyl (C=S) groups is 2. The van der Waals surface area contributed by atoms with E-state index in [1.54, 1.807) is 20.8 Å². The van der Waals surface area contributed by atoms with Gasteiger partial charge >= 0.3 is 6.09 Å². The molecule has 136 valence electrons. The zero-order valence-electron chi connectivity index (χ0n) is 14.8. The average Bonchev–Trinajstić information content (AvgIpc) is 2.74. The molecule has 1 unspecified atom stereocenters. The first-order valence-corrected chi connectivity index (χ1v) is 8.77. The third kappa shape index (κ3) is 4.87. The standard InChI is InChI=1S/C17H23N3O3S2/c1-16(2,3)23-15(21)18-10-11-22-20-13(24)17(4,19-14(20)25)12-8-6-5-7-9-12/h5-9H,10-11H2,1-4H3,(H,18,21)(H,19,25). The van der Waals surface area contributed by atoms with Crippen molar-refractivity contribution in [1.82, 2.24) is 15.7 Å². The highest BCUT2D eigenvalue weighted by molar-refractivity contribution is 7.82. The highest BCUT2D eigenvalue weighted by Gasteiger charge is 2.44. The zero-order chi connectivity index (χ0) is 18.7. The Morgan fingerprint density at radius 2 is 1.92 bits per heavy atom. The van der Waals surface area contributed by atoms with E-state index in [0.717, 1.165) is 5.56 Å². The number of nitrogens with one attached hydrogen (secondary N) is 2. The van der Waals surface area contributed by atoms with Crippen LogP contribution in [0.3, 0.4) is 0 Å². The van der Waals surface area contributed by atoms with Gasteiger partial charge in [-0.25, -0.2) is 4.79 Å². The number of nitrogens with zero attached hydrogens (tertiary/aromatic N) is 1. The van der Waals surface area contributed by atoms with Crippen LogP contribution in [-0.2, 0) is 15.1 Å². The van der Waals surface area contributed by atoms with Gasteiger partial charge in [-0.05, 0) is 45.5 Å². The molecule has 8 heteroatoms. The molecule has 1 saturated heterocycles. The van der Waals surface area contributed by atoms with E-state index in [2.05, 4.69) is 10.6 Å².